The monoisotopic (exact) mass is 551 g/mol. The molecule has 0 N–H and O–H groups in total. The maximum atomic E-state index is 13.4. The van der Waals surface area contributed by atoms with Crippen LogP contribution in [-0.2, 0) is 28.9 Å². The Bertz CT molecular complexity index is 1390. The number of benzene rings is 3. The first-order valence-electron chi connectivity index (χ1n) is 14.8. The molecule has 1 aliphatic heterocycles. The number of unbranched alkanes of at least 4 members (excludes halogenated alkanes) is 3. The highest BCUT2D eigenvalue weighted by Gasteiger charge is 2.34. The highest BCUT2D eigenvalue weighted by Crippen LogP contribution is 2.35. The quantitative estimate of drug-likeness (QED) is 0.138. The predicted molar refractivity (Wildman–Crippen MR) is 164 cm³/mol. The number of esters is 1. The molecule has 5 heteroatoms. The van der Waals surface area contributed by atoms with Gasteiger partial charge in [0.05, 0.1) is 6.54 Å². The van der Waals surface area contributed by atoms with E-state index in [4.69, 9.17) is 9.47 Å². The Hall–Kier alpha value is -4.04. The standard InChI is InChI=1S/C36H41NO4/c1-5-7-9-14-34(38)37(31-23-24-32-33(25-31)40-36(3,4)41-35(32)39)26-30-21-19-29(20-22-30)13-10-12-28-17-15-27(16-18-28)11-8-6-2/h15-25H,5-9,11-12,14,26H2,1-4H3. The summed E-state index contributed by atoms with van der Waals surface area (Å²) in [5, 5.41) is 0. The van der Waals surface area contributed by atoms with Crippen molar-refractivity contribution < 1.29 is 19.1 Å². The minimum atomic E-state index is -1.06. The molecule has 0 atom stereocenters. The summed E-state index contributed by atoms with van der Waals surface area (Å²) >= 11 is 0. The minimum Gasteiger partial charge on any atom is -0.452 e. The van der Waals surface area contributed by atoms with Gasteiger partial charge in [-0.25, -0.2) is 4.79 Å². The molecule has 0 radical (unpaired) electrons. The Morgan fingerprint density at radius 1 is 0.829 bits per heavy atom. The molecule has 1 aliphatic rings. The molecular formula is C36H41NO4. The molecule has 3 aromatic rings. The van der Waals surface area contributed by atoms with Crippen molar-refractivity contribution >= 4 is 17.6 Å². The third kappa shape index (κ3) is 8.47. The van der Waals surface area contributed by atoms with Gasteiger partial charge >= 0.3 is 5.97 Å². The third-order valence-corrected chi connectivity index (χ3v) is 7.15. The van der Waals surface area contributed by atoms with Gasteiger partial charge in [0.25, 0.3) is 0 Å². The van der Waals surface area contributed by atoms with Gasteiger partial charge in [-0.15, -0.1) is 0 Å². The van der Waals surface area contributed by atoms with Crippen LogP contribution in [0, 0.1) is 11.8 Å². The zero-order chi connectivity index (χ0) is 29.2. The van der Waals surface area contributed by atoms with E-state index in [1.165, 1.54) is 24.0 Å². The molecule has 4 rings (SSSR count). The van der Waals surface area contributed by atoms with Crippen LogP contribution in [0.5, 0.6) is 5.75 Å². The summed E-state index contributed by atoms with van der Waals surface area (Å²) < 4.78 is 11.3. The number of aryl methyl sites for hydroxylation is 1. The van der Waals surface area contributed by atoms with Gasteiger partial charge in [0.1, 0.15) is 11.3 Å². The van der Waals surface area contributed by atoms with Crippen LogP contribution >= 0.6 is 0 Å². The molecule has 0 saturated heterocycles. The molecule has 0 spiro atoms. The average molecular weight is 552 g/mol. The van der Waals surface area contributed by atoms with Gasteiger partial charge in [0, 0.05) is 44.0 Å². The second-order valence-electron chi connectivity index (χ2n) is 11.1. The molecule has 0 aliphatic carbocycles. The molecule has 0 aromatic heterocycles. The number of hydrogen-bond donors (Lipinski definition) is 0. The Labute approximate surface area is 244 Å². The van der Waals surface area contributed by atoms with Crippen molar-refractivity contribution in [3.8, 4) is 17.6 Å². The molecule has 1 heterocycles. The summed E-state index contributed by atoms with van der Waals surface area (Å²) in [5.74, 6) is 5.53. The summed E-state index contributed by atoms with van der Waals surface area (Å²) in [5.41, 5.74) is 5.60. The van der Waals surface area contributed by atoms with Gasteiger partial charge < -0.3 is 14.4 Å². The van der Waals surface area contributed by atoms with Crippen LogP contribution in [0.1, 0.15) is 98.8 Å². The first-order valence-corrected chi connectivity index (χ1v) is 14.8. The number of carbonyl (C=O) groups excluding carboxylic acids is 2. The molecule has 41 heavy (non-hydrogen) atoms. The third-order valence-electron chi connectivity index (χ3n) is 7.15. The van der Waals surface area contributed by atoms with E-state index in [0.29, 0.717) is 36.4 Å². The molecule has 0 fully saturated rings. The number of hydrogen-bond acceptors (Lipinski definition) is 4. The van der Waals surface area contributed by atoms with Crippen molar-refractivity contribution in [3.05, 3.63) is 94.5 Å². The van der Waals surface area contributed by atoms with Crippen LogP contribution in [0.4, 0.5) is 5.69 Å². The first-order chi connectivity index (χ1) is 19.8. The van der Waals surface area contributed by atoms with Crippen molar-refractivity contribution in [1.82, 2.24) is 0 Å². The lowest BCUT2D eigenvalue weighted by atomic mass is 10.0. The van der Waals surface area contributed by atoms with E-state index in [1.54, 1.807) is 36.9 Å². The summed E-state index contributed by atoms with van der Waals surface area (Å²) in [7, 11) is 0. The lowest BCUT2D eigenvalue weighted by Crippen LogP contribution is -2.39. The number of anilines is 1. The Morgan fingerprint density at radius 2 is 1.51 bits per heavy atom. The van der Waals surface area contributed by atoms with Crippen LogP contribution in [-0.4, -0.2) is 17.7 Å². The van der Waals surface area contributed by atoms with Gasteiger partial charge in [0.2, 0.25) is 11.7 Å². The van der Waals surface area contributed by atoms with Crippen molar-refractivity contribution in [2.45, 2.75) is 91.4 Å². The lowest BCUT2D eigenvalue weighted by molar-refractivity contribution is -0.127. The number of rotatable bonds is 11. The highest BCUT2D eigenvalue weighted by molar-refractivity contribution is 5.97. The molecule has 1 amide bonds. The highest BCUT2D eigenvalue weighted by atomic mass is 16.7. The fraction of sp³-hybridized carbons (Fsp3) is 0.389. The number of ether oxygens (including phenoxy) is 2. The second kappa shape index (κ2) is 14.0. The lowest BCUT2D eigenvalue weighted by Gasteiger charge is -2.32. The van der Waals surface area contributed by atoms with Crippen molar-refractivity contribution in [2.24, 2.45) is 0 Å². The number of amides is 1. The maximum absolute atomic E-state index is 13.4. The molecule has 3 aromatic carbocycles. The summed E-state index contributed by atoms with van der Waals surface area (Å²) in [6.45, 7) is 8.14. The van der Waals surface area contributed by atoms with E-state index >= 15 is 0 Å². The molecular weight excluding hydrogens is 510 g/mol. The van der Waals surface area contributed by atoms with Gasteiger partial charge in [0.15, 0.2) is 0 Å². The van der Waals surface area contributed by atoms with E-state index in [0.717, 1.165) is 36.8 Å². The number of carbonyl (C=O) groups is 2. The number of nitrogens with zero attached hydrogens (tertiary/aromatic N) is 1. The van der Waals surface area contributed by atoms with E-state index < -0.39 is 11.8 Å². The summed E-state index contributed by atoms with van der Waals surface area (Å²) in [6, 6.07) is 22.0. The van der Waals surface area contributed by atoms with Gasteiger partial charge in [-0.3, -0.25) is 4.79 Å². The normalized spacial score (nSPS) is 13.3. The molecule has 0 unspecified atom stereocenters. The minimum absolute atomic E-state index is 0.0422. The van der Waals surface area contributed by atoms with Gasteiger partial charge in [-0.05, 0) is 60.2 Å². The van der Waals surface area contributed by atoms with E-state index in [1.807, 2.05) is 24.3 Å². The molecule has 5 nitrogen and oxygen atoms in total. The first kappa shape index (κ1) is 29.9. The molecule has 0 saturated carbocycles. The van der Waals surface area contributed by atoms with Crippen LogP contribution in [0.2, 0.25) is 0 Å². The van der Waals surface area contributed by atoms with E-state index in [9.17, 15) is 9.59 Å². The second-order valence-corrected chi connectivity index (χ2v) is 11.1. The molecule has 214 valence electrons. The van der Waals surface area contributed by atoms with Crippen LogP contribution in [0.3, 0.4) is 0 Å². The topological polar surface area (TPSA) is 55.8 Å². The molecule has 0 bridgehead atoms. The largest absolute Gasteiger partial charge is 0.452 e. The Morgan fingerprint density at radius 3 is 2.22 bits per heavy atom. The summed E-state index contributed by atoms with van der Waals surface area (Å²) in [6.07, 6.45) is 7.61. The van der Waals surface area contributed by atoms with Crippen molar-refractivity contribution in [3.63, 3.8) is 0 Å². The Balaban J connectivity index is 1.47. The average Bonchev–Trinajstić information content (AvgIpc) is 2.95. The SMILES string of the molecule is CCCCCC(=O)N(Cc1ccc(C#CCc2ccc(CCCC)cc2)cc1)c1ccc2c(c1)OC(C)(C)OC2=O. The van der Waals surface area contributed by atoms with Crippen molar-refractivity contribution in [2.75, 3.05) is 4.90 Å². The smallest absolute Gasteiger partial charge is 0.345 e. The van der Waals surface area contributed by atoms with Gasteiger partial charge in [-0.2, -0.15) is 0 Å². The number of cyclic esters (lactones) is 1. The van der Waals surface area contributed by atoms with Crippen LogP contribution in [0.25, 0.3) is 0 Å². The Kier molecular flexibility index (Phi) is 10.2. The van der Waals surface area contributed by atoms with E-state index in [2.05, 4.69) is 50.0 Å². The zero-order valence-electron chi connectivity index (χ0n) is 24.8. The van der Waals surface area contributed by atoms with Crippen LogP contribution < -0.4 is 9.64 Å². The fourth-order valence-corrected chi connectivity index (χ4v) is 4.81. The van der Waals surface area contributed by atoms with Crippen molar-refractivity contribution in [1.29, 1.82) is 0 Å². The van der Waals surface area contributed by atoms with Gasteiger partial charge in [-0.1, -0.05) is 81.3 Å². The number of fused-ring (bicyclic) bond motifs is 1. The predicted octanol–water partition coefficient (Wildman–Crippen LogP) is 8.02. The summed E-state index contributed by atoms with van der Waals surface area (Å²) in [4.78, 5) is 27.6. The van der Waals surface area contributed by atoms with E-state index in [-0.39, 0.29) is 5.91 Å². The fourth-order valence-electron chi connectivity index (χ4n) is 4.81. The van der Waals surface area contributed by atoms with Crippen LogP contribution in [0.15, 0.2) is 66.7 Å². The maximum Gasteiger partial charge on any atom is 0.345 e. The zero-order valence-corrected chi connectivity index (χ0v) is 24.8.